The van der Waals surface area contributed by atoms with Crippen LogP contribution in [0, 0.1) is 3.57 Å². The maximum absolute atomic E-state index is 11.2. The van der Waals surface area contributed by atoms with E-state index in [9.17, 15) is 9.90 Å². The van der Waals surface area contributed by atoms with Gasteiger partial charge in [0, 0.05) is 18.4 Å². The molecular weight excluding hydrogens is 279 g/mol. The summed E-state index contributed by atoms with van der Waals surface area (Å²) in [6, 6.07) is 3.90. The van der Waals surface area contributed by atoms with Gasteiger partial charge in [0.15, 0.2) is 0 Å². The van der Waals surface area contributed by atoms with Gasteiger partial charge in [0.1, 0.15) is 11.5 Å². The zero-order valence-electron chi connectivity index (χ0n) is 7.01. The Labute approximate surface area is 90.1 Å². The van der Waals surface area contributed by atoms with Crippen LogP contribution in [0.4, 0.5) is 0 Å². The van der Waals surface area contributed by atoms with Gasteiger partial charge in [-0.3, -0.25) is 4.79 Å². The van der Waals surface area contributed by atoms with Crippen molar-refractivity contribution >= 4 is 28.4 Å². The minimum absolute atomic E-state index is 0.227. The monoisotopic (exact) mass is 288 g/mol. The van der Waals surface area contributed by atoms with Crippen molar-refractivity contribution in [1.82, 2.24) is 0 Å². The molecule has 2 rings (SSSR count). The number of ketones is 1. The maximum atomic E-state index is 11.2. The van der Waals surface area contributed by atoms with E-state index in [-0.39, 0.29) is 5.78 Å². The first kappa shape index (κ1) is 8.99. The third-order valence-corrected chi connectivity index (χ3v) is 3.25. The highest BCUT2D eigenvalue weighted by molar-refractivity contribution is 14.1. The number of benzene rings is 1. The molecule has 13 heavy (non-hydrogen) atoms. The number of rotatable bonds is 0. The molecule has 0 atom stereocenters. The molecule has 1 aromatic rings. The Morgan fingerprint density at radius 2 is 2.08 bits per heavy atom. The Kier molecular flexibility index (Phi) is 2.27. The van der Waals surface area contributed by atoms with Gasteiger partial charge in [-0.15, -0.1) is 0 Å². The van der Waals surface area contributed by atoms with Gasteiger partial charge in [-0.25, -0.2) is 0 Å². The number of aromatic hydroxyl groups is 1. The zero-order chi connectivity index (χ0) is 9.42. The summed E-state index contributed by atoms with van der Waals surface area (Å²) in [5.41, 5.74) is 1.96. The fourth-order valence-corrected chi connectivity index (χ4v) is 2.15. The first-order valence-electron chi connectivity index (χ1n) is 4.19. The Morgan fingerprint density at radius 1 is 1.31 bits per heavy atom. The van der Waals surface area contributed by atoms with Crippen LogP contribution in [-0.4, -0.2) is 10.9 Å². The summed E-state index contributed by atoms with van der Waals surface area (Å²) in [5, 5.41) is 9.70. The molecule has 0 aromatic heterocycles. The maximum Gasteiger partial charge on any atom is 0.137 e. The average Bonchev–Trinajstić information content (AvgIpc) is 2.12. The predicted octanol–water partition coefficient (Wildman–Crippen LogP) is 2.05. The van der Waals surface area contributed by atoms with Crippen LogP contribution in [0.2, 0.25) is 0 Å². The number of Topliss-reactive ketones (excluding diaryl/α,β-unsaturated/α-hetero) is 1. The summed E-state index contributed by atoms with van der Waals surface area (Å²) in [6.45, 7) is 0. The highest BCUT2D eigenvalue weighted by atomic mass is 127. The van der Waals surface area contributed by atoms with E-state index in [2.05, 4.69) is 22.6 Å². The Hall–Kier alpha value is -0.580. The number of carbonyl (C=O) groups is 1. The molecule has 0 radical (unpaired) electrons. The van der Waals surface area contributed by atoms with Crippen LogP contribution in [0.3, 0.4) is 0 Å². The third-order valence-electron chi connectivity index (χ3n) is 2.38. The van der Waals surface area contributed by atoms with E-state index in [4.69, 9.17) is 0 Å². The summed E-state index contributed by atoms with van der Waals surface area (Å²) in [4.78, 5) is 11.2. The lowest BCUT2D eigenvalue weighted by atomic mass is 9.90. The topological polar surface area (TPSA) is 37.3 Å². The zero-order valence-corrected chi connectivity index (χ0v) is 9.17. The summed E-state index contributed by atoms with van der Waals surface area (Å²) in [6.07, 6.45) is 1.80. The molecule has 0 fully saturated rings. The molecule has 0 spiro atoms. The van der Waals surface area contributed by atoms with E-state index in [1.54, 1.807) is 0 Å². The number of halogens is 1. The third kappa shape index (κ3) is 1.57. The average molecular weight is 288 g/mol. The predicted molar refractivity (Wildman–Crippen MR) is 57.9 cm³/mol. The van der Waals surface area contributed by atoms with E-state index < -0.39 is 0 Å². The van der Waals surface area contributed by atoms with Crippen LogP contribution in [-0.2, 0) is 17.6 Å². The number of phenols is 1. The van der Waals surface area contributed by atoms with Crippen LogP contribution in [0.25, 0.3) is 0 Å². The second kappa shape index (κ2) is 3.29. The smallest absolute Gasteiger partial charge is 0.137 e. The number of hydrogen-bond donors (Lipinski definition) is 1. The summed E-state index contributed by atoms with van der Waals surface area (Å²) in [5.74, 6) is 0.524. The van der Waals surface area contributed by atoms with Gasteiger partial charge in [0.25, 0.3) is 0 Å². The van der Waals surface area contributed by atoms with E-state index in [0.29, 0.717) is 18.6 Å². The molecule has 1 aliphatic carbocycles. The van der Waals surface area contributed by atoms with Gasteiger partial charge in [-0.1, -0.05) is 6.07 Å². The molecule has 0 heterocycles. The van der Waals surface area contributed by atoms with Gasteiger partial charge in [-0.2, -0.15) is 0 Å². The lowest BCUT2D eigenvalue weighted by molar-refractivity contribution is -0.118. The van der Waals surface area contributed by atoms with Gasteiger partial charge < -0.3 is 5.11 Å². The number of hydrogen-bond acceptors (Lipinski definition) is 2. The molecule has 0 aliphatic heterocycles. The normalized spacial score (nSPS) is 15.6. The van der Waals surface area contributed by atoms with Crippen LogP contribution >= 0.6 is 22.6 Å². The minimum Gasteiger partial charge on any atom is -0.507 e. The Bertz CT molecular complexity index is 371. The fraction of sp³-hybridized carbons (Fsp3) is 0.300. The molecule has 1 aromatic carbocycles. The molecule has 1 aliphatic rings. The summed E-state index contributed by atoms with van der Waals surface area (Å²) in [7, 11) is 0. The number of carbonyl (C=O) groups excluding carboxylic acids is 1. The first-order chi connectivity index (χ1) is 6.18. The van der Waals surface area contributed by atoms with Crippen molar-refractivity contribution in [2.24, 2.45) is 0 Å². The standard InChI is InChI=1S/C10H9IO2/c11-9-4-2-6-1-3-7(12)5-8(6)10(9)13/h2,4,13H,1,3,5H2. The molecule has 0 saturated carbocycles. The fourth-order valence-electron chi connectivity index (χ4n) is 1.64. The highest BCUT2D eigenvalue weighted by Gasteiger charge is 2.19. The summed E-state index contributed by atoms with van der Waals surface area (Å²) >= 11 is 2.08. The molecule has 0 bridgehead atoms. The number of phenolic OH excluding ortho intramolecular Hbond substituents is 1. The van der Waals surface area contributed by atoms with Crippen molar-refractivity contribution in [3.8, 4) is 5.75 Å². The molecular formula is C10H9IO2. The summed E-state index contributed by atoms with van der Waals surface area (Å²) < 4.78 is 0.825. The van der Waals surface area contributed by atoms with Gasteiger partial charge >= 0.3 is 0 Å². The van der Waals surface area contributed by atoms with Crippen molar-refractivity contribution in [3.05, 3.63) is 26.8 Å². The highest BCUT2D eigenvalue weighted by Crippen LogP contribution is 2.31. The van der Waals surface area contributed by atoms with Crippen LogP contribution in [0.1, 0.15) is 17.5 Å². The van der Waals surface area contributed by atoms with Crippen molar-refractivity contribution in [3.63, 3.8) is 0 Å². The van der Waals surface area contributed by atoms with Crippen molar-refractivity contribution in [2.45, 2.75) is 19.3 Å². The van der Waals surface area contributed by atoms with Crippen LogP contribution < -0.4 is 0 Å². The van der Waals surface area contributed by atoms with E-state index in [1.165, 1.54) is 0 Å². The van der Waals surface area contributed by atoms with Crippen molar-refractivity contribution in [1.29, 1.82) is 0 Å². The number of fused-ring (bicyclic) bond motifs is 1. The molecule has 0 amide bonds. The van der Waals surface area contributed by atoms with Crippen molar-refractivity contribution in [2.75, 3.05) is 0 Å². The van der Waals surface area contributed by atoms with Gasteiger partial charge in [-0.05, 0) is 40.6 Å². The molecule has 3 heteroatoms. The van der Waals surface area contributed by atoms with Gasteiger partial charge in [0.05, 0.1) is 3.57 Å². The van der Waals surface area contributed by atoms with Gasteiger partial charge in [0.2, 0.25) is 0 Å². The largest absolute Gasteiger partial charge is 0.507 e. The lowest BCUT2D eigenvalue weighted by Gasteiger charge is -2.16. The Morgan fingerprint density at radius 3 is 2.85 bits per heavy atom. The Balaban J connectivity index is 2.54. The molecule has 1 N–H and O–H groups in total. The second-order valence-corrected chi connectivity index (χ2v) is 4.41. The lowest BCUT2D eigenvalue weighted by Crippen LogP contribution is -2.13. The first-order valence-corrected chi connectivity index (χ1v) is 5.27. The second-order valence-electron chi connectivity index (χ2n) is 3.25. The number of aryl methyl sites for hydroxylation is 1. The van der Waals surface area contributed by atoms with E-state index in [1.807, 2.05) is 12.1 Å². The van der Waals surface area contributed by atoms with Crippen molar-refractivity contribution < 1.29 is 9.90 Å². The SMILES string of the molecule is O=C1CCc2ccc(I)c(O)c2C1. The molecule has 2 nitrogen and oxygen atoms in total. The molecule has 0 saturated heterocycles. The molecule has 68 valence electrons. The minimum atomic E-state index is 0.227. The van der Waals surface area contributed by atoms with Crippen LogP contribution in [0.15, 0.2) is 12.1 Å². The van der Waals surface area contributed by atoms with E-state index in [0.717, 1.165) is 21.1 Å². The quantitative estimate of drug-likeness (QED) is 0.742. The molecule has 0 unspecified atom stereocenters. The van der Waals surface area contributed by atoms with Crippen LogP contribution in [0.5, 0.6) is 5.75 Å². The van der Waals surface area contributed by atoms with E-state index >= 15 is 0 Å².